The third kappa shape index (κ3) is 4.95. The zero-order chi connectivity index (χ0) is 21.8. The standard InChI is InChI=1S/C22H16BrFN4O3/c23-15-6-7-19-18(9-15)22(30)28(13-27-19)12-20(29)26-11-14-3-2-8-25-21(14)31-17-5-1-4-16(24)10-17/h1-10,13H,11-12H2,(H,26,29). The fourth-order valence-electron chi connectivity index (χ4n) is 2.94. The van der Waals surface area contributed by atoms with Crippen molar-refractivity contribution >= 4 is 32.7 Å². The zero-order valence-corrected chi connectivity index (χ0v) is 17.7. The van der Waals surface area contributed by atoms with Crippen LogP contribution < -0.4 is 15.6 Å². The van der Waals surface area contributed by atoms with Crippen molar-refractivity contribution in [3.63, 3.8) is 0 Å². The maximum atomic E-state index is 13.4. The van der Waals surface area contributed by atoms with E-state index in [2.05, 4.69) is 31.2 Å². The minimum Gasteiger partial charge on any atom is -0.439 e. The van der Waals surface area contributed by atoms with Crippen LogP contribution in [0.3, 0.4) is 0 Å². The highest BCUT2D eigenvalue weighted by Crippen LogP contribution is 2.23. The molecule has 4 aromatic rings. The predicted octanol–water partition coefficient (Wildman–Crippen LogP) is 3.80. The van der Waals surface area contributed by atoms with Gasteiger partial charge in [-0.1, -0.05) is 28.1 Å². The molecule has 0 saturated heterocycles. The minimum atomic E-state index is -0.426. The summed E-state index contributed by atoms with van der Waals surface area (Å²) in [7, 11) is 0. The van der Waals surface area contributed by atoms with Gasteiger partial charge in [-0.25, -0.2) is 14.4 Å². The molecule has 0 aliphatic heterocycles. The lowest BCUT2D eigenvalue weighted by molar-refractivity contribution is -0.121. The maximum Gasteiger partial charge on any atom is 0.261 e. The van der Waals surface area contributed by atoms with E-state index in [1.165, 1.54) is 29.1 Å². The molecule has 1 amide bonds. The Morgan fingerprint density at radius 3 is 2.84 bits per heavy atom. The average Bonchev–Trinajstić information content (AvgIpc) is 2.75. The Morgan fingerprint density at radius 2 is 2.00 bits per heavy atom. The normalized spacial score (nSPS) is 10.8. The van der Waals surface area contributed by atoms with Crippen LogP contribution in [0.25, 0.3) is 10.9 Å². The monoisotopic (exact) mass is 482 g/mol. The summed E-state index contributed by atoms with van der Waals surface area (Å²) in [6.45, 7) is -0.0622. The number of aromatic nitrogens is 3. The molecule has 0 aliphatic carbocycles. The molecule has 0 fully saturated rings. The van der Waals surface area contributed by atoms with E-state index >= 15 is 0 Å². The van der Waals surface area contributed by atoms with Gasteiger partial charge in [-0.2, -0.15) is 0 Å². The van der Waals surface area contributed by atoms with E-state index in [0.29, 0.717) is 22.2 Å². The second-order valence-corrected chi connectivity index (χ2v) is 7.56. The quantitative estimate of drug-likeness (QED) is 0.451. The van der Waals surface area contributed by atoms with Crippen LogP contribution in [-0.2, 0) is 17.9 Å². The van der Waals surface area contributed by atoms with Gasteiger partial charge in [0.1, 0.15) is 18.1 Å². The number of nitrogens with one attached hydrogen (secondary N) is 1. The highest BCUT2D eigenvalue weighted by Gasteiger charge is 2.11. The molecule has 0 spiro atoms. The first-order valence-corrected chi connectivity index (χ1v) is 10.1. The number of rotatable bonds is 6. The second kappa shape index (κ2) is 9.05. The van der Waals surface area contributed by atoms with Crippen molar-refractivity contribution in [1.29, 1.82) is 0 Å². The summed E-state index contributed by atoms with van der Waals surface area (Å²) in [6, 6.07) is 14.3. The van der Waals surface area contributed by atoms with E-state index in [4.69, 9.17) is 4.74 Å². The van der Waals surface area contributed by atoms with Crippen molar-refractivity contribution in [1.82, 2.24) is 19.9 Å². The van der Waals surface area contributed by atoms with Gasteiger partial charge in [-0.05, 0) is 36.4 Å². The highest BCUT2D eigenvalue weighted by molar-refractivity contribution is 9.10. The number of benzene rings is 2. The van der Waals surface area contributed by atoms with Crippen molar-refractivity contribution in [2.45, 2.75) is 13.1 Å². The van der Waals surface area contributed by atoms with Gasteiger partial charge in [0, 0.05) is 28.8 Å². The summed E-state index contributed by atoms with van der Waals surface area (Å²) in [5.41, 5.74) is 0.852. The molecule has 0 radical (unpaired) electrons. The molecule has 2 aromatic heterocycles. The van der Waals surface area contributed by atoms with Gasteiger partial charge in [0.05, 0.1) is 17.2 Å². The zero-order valence-electron chi connectivity index (χ0n) is 16.1. The minimum absolute atomic E-state index is 0.124. The Balaban J connectivity index is 1.46. The number of ether oxygens (including phenoxy) is 1. The number of fused-ring (bicyclic) bond motifs is 1. The topological polar surface area (TPSA) is 86.1 Å². The van der Waals surface area contributed by atoms with Crippen molar-refractivity contribution in [3.8, 4) is 11.6 Å². The van der Waals surface area contributed by atoms with Gasteiger partial charge in [-0.15, -0.1) is 0 Å². The van der Waals surface area contributed by atoms with E-state index in [9.17, 15) is 14.0 Å². The van der Waals surface area contributed by atoms with Crippen LogP contribution in [0.15, 0.2) is 76.4 Å². The maximum absolute atomic E-state index is 13.4. The molecule has 0 bridgehead atoms. The van der Waals surface area contributed by atoms with E-state index < -0.39 is 5.82 Å². The number of carbonyl (C=O) groups is 1. The first-order valence-electron chi connectivity index (χ1n) is 9.28. The molecule has 0 unspecified atom stereocenters. The SMILES string of the molecule is O=C(Cn1cnc2ccc(Br)cc2c1=O)NCc1cccnc1Oc1cccc(F)c1. The summed E-state index contributed by atoms with van der Waals surface area (Å²) in [5.74, 6) is -0.252. The van der Waals surface area contributed by atoms with Crippen LogP contribution in [0.5, 0.6) is 11.6 Å². The molecule has 9 heteroatoms. The Morgan fingerprint density at radius 1 is 1.13 bits per heavy atom. The fourth-order valence-corrected chi connectivity index (χ4v) is 3.30. The largest absolute Gasteiger partial charge is 0.439 e. The molecule has 156 valence electrons. The first-order chi connectivity index (χ1) is 15.0. The summed E-state index contributed by atoms with van der Waals surface area (Å²) < 4.78 is 21.0. The molecule has 2 aromatic carbocycles. The van der Waals surface area contributed by atoms with Crippen molar-refractivity contribution in [2.75, 3.05) is 0 Å². The van der Waals surface area contributed by atoms with Crippen molar-refractivity contribution in [3.05, 3.63) is 93.3 Å². The third-order valence-electron chi connectivity index (χ3n) is 4.44. The van der Waals surface area contributed by atoms with E-state index in [1.807, 2.05) is 0 Å². The van der Waals surface area contributed by atoms with Gasteiger partial charge >= 0.3 is 0 Å². The Bertz CT molecular complexity index is 1330. The Labute approximate surface area is 184 Å². The number of pyridine rings is 1. The molecular formula is C22H16BrFN4O3. The van der Waals surface area contributed by atoms with Crippen LogP contribution in [-0.4, -0.2) is 20.4 Å². The lowest BCUT2D eigenvalue weighted by atomic mass is 10.2. The third-order valence-corrected chi connectivity index (χ3v) is 4.93. The van der Waals surface area contributed by atoms with E-state index in [0.717, 1.165) is 4.47 Å². The van der Waals surface area contributed by atoms with Gasteiger partial charge < -0.3 is 10.1 Å². The molecule has 0 aliphatic rings. The van der Waals surface area contributed by atoms with Crippen molar-refractivity contribution in [2.24, 2.45) is 0 Å². The van der Waals surface area contributed by atoms with Crippen LogP contribution in [0.2, 0.25) is 0 Å². The summed E-state index contributed by atoms with van der Waals surface area (Å²) in [6.07, 6.45) is 2.89. The number of hydrogen-bond acceptors (Lipinski definition) is 5. The van der Waals surface area contributed by atoms with Gasteiger partial charge in [0.2, 0.25) is 11.8 Å². The van der Waals surface area contributed by atoms with Crippen LogP contribution in [0.1, 0.15) is 5.56 Å². The lowest BCUT2D eigenvalue weighted by Gasteiger charge is -2.11. The van der Waals surface area contributed by atoms with Crippen LogP contribution in [0.4, 0.5) is 4.39 Å². The first kappa shape index (κ1) is 20.7. The molecule has 2 heterocycles. The molecule has 0 saturated carbocycles. The van der Waals surface area contributed by atoms with Gasteiger partial charge in [0.25, 0.3) is 5.56 Å². The van der Waals surface area contributed by atoms with Gasteiger partial charge in [0.15, 0.2) is 0 Å². The Hall–Kier alpha value is -3.59. The number of hydrogen-bond donors (Lipinski definition) is 1. The molecule has 4 rings (SSSR count). The van der Waals surface area contributed by atoms with Crippen molar-refractivity contribution < 1.29 is 13.9 Å². The van der Waals surface area contributed by atoms with E-state index in [-0.39, 0.29) is 30.4 Å². The molecular weight excluding hydrogens is 467 g/mol. The summed E-state index contributed by atoms with van der Waals surface area (Å²) in [5, 5.41) is 3.16. The molecule has 0 atom stereocenters. The second-order valence-electron chi connectivity index (χ2n) is 6.64. The van der Waals surface area contributed by atoms with E-state index in [1.54, 1.807) is 42.6 Å². The summed E-state index contributed by atoms with van der Waals surface area (Å²) in [4.78, 5) is 33.5. The Kier molecular flexibility index (Phi) is 6.03. The predicted molar refractivity (Wildman–Crippen MR) is 116 cm³/mol. The number of carbonyl (C=O) groups excluding carboxylic acids is 1. The van der Waals surface area contributed by atoms with Crippen LogP contribution in [0, 0.1) is 5.82 Å². The number of amides is 1. The van der Waals surface area contributed by atoms with Gasteiger partial charge in [-0.3, -0.25) is 14.2 Å². The lowest BCUT2D eigenvalue weighted by Crippen LogP contribution is -2.32. The molecule has 7 nitrogen and oxygen atoms in total. The molecule has 1 N–H and O–H groups in total. The fraction of sp³-hybridized carbons (Fsp3) is 0.0909. The number of halogens is 2. The van der Waals surface area contributed by atoms with Crippen LogP contribution >= 0.6 is 15.9 Å². The highest BCUT2D eigenvalue weighted by atomic mass is 79.9. The summed E-state index contributed by atoms with van der Waals surface area (Å²) >= 11 is 3.33. The smallest absolute Gasteiger partial charge is 0.261 e. The average molecular weight is 483 g/mol. The molecule has 31 heavy (non-hydrogen) atoms. The number of nitrogens with zero attached hydrogens (tertiary/aromatic N) is 3.